The van der Waals surface area contributed by atoms with E-state index in [-0.39, 0.29) is 24.2 Å². The number of pyridine rings is 2. The predicted molar refractivity (Wildman–Crippen MR) is 176 cm³/mol. The van der Waals surface area contributed by atoms with Crippen LogP contribution in [0.1, 0.15) is 68.0 Å². The first-order chi connectivity index (χ1) is 23.0. The van der Waals surface area contributed by atoms with Gasteiger partial charge in [-0.3, -0.25) is 24.9 Å². The molecule has 0 saturated carbocycles. The van der Waals surface area contributed by atoms with Gasteiger partial charge >= 0.3 is 11.9 Å². The molecule has 2 amide bonds. The van der Waals surface area contributed by atoms with E-state index in [0.717, 1.165) is 22.9 Å². The van der Waals surface area contributed by atoms with Crippen molar-refractivity contribution in [2.45, 2.75) is 57.5 Å². The molecule has 1 saturated heterocycles. The molecule has 1 N–H and O–H groups in total. The normalized spacial score (nSPS) is 19.9. The van der Waals surface area contributed by atoms with Gasteiger partial charge in [-0.15, -0.1) is 0 Å². The minimum atomic E-state index is -0.929. The smallest absolute Gasteiger partial charge is 0.345 e. The number of esters is 2. The largest absolute Gasteiger partial charge is 0.489 e. The van der Waals surface area contributed by atoms with E-state index in [4.69, 9.17) is 18.9 Å². The number of fused-ring (bicyclic) bond motifs is 1. The minimum absolute atomic E-state index is 0.122. The SMILES string of the molecule is Cc1c(C)c2c(c(C)c1OC(=O)c1cccnc1)C(OC(=O)c1cccnc1)CC(C)(COc1ccc(CC3SC(=O)NC3=O)cc1)O2. The number of benzene rings is 2. The molecule has 0 spiro atoms. The van der Waals surface area contributed by atoms with E-state index in [9.17, 15) is 19.2 Å². The Kier molecular flexibility index (Phi) is 9.18. The molecule has 0 aliphatic carbocycles. The van der Waals surface area contributed by atoms with E-state index in [2.05, 4.69) is 15.3 Å². The average molecular weight is 668 g/mol. The van der Waals surface area contributed by atoms with Crippen LogP contribution in [0.3, 0.4) is 0 Å². The number of hydrogen-bond donors (Lipinski definition) is 1. The molecule has 3 unspecified atom stereocenters. The number of aromatic nitrogens is 2. The number of imide groups is 1. The fourth-order valence-electron chi connectivity index (χ4n) is 5.78. The summed E-state index contributed by atoms with van der Waals surface area (Å²) in [5.41, 5.74) is 3.23. The second kappa shape index (κ2) is 13.5. The first-order valence-corrected chi connectivity index (χ1v) is 16.2. The quantitative estimate of drug-likeness (QED) is 0.165. The van der Waals surface area contributed by atoms with E-state index in [1.54, 1.807) is 48.8 Å². The molecule has 11 nitrogen and oxygen atoms in total. The van der Waals surface area contributed by atoms with Gasteiger partial charge < -0.3 is 18.9 Å². The van der Waals surface area contributed by atoms with Crippen molar-refractivity contribution in [3.63, 3.8) is 0 Å². The number of nitrogens with one attached hydrogen (secondary N) is 1. The van der Waals surface area contributed by atoms with Crippen molar-refractivity contribution >= 4 is 34.8 Å². The molecule has 2 aromatic heterocycles. The summed E-state index contributed by atoms with van der Waals surface area (Å²) in [7, 11) is 0. The van der Waals surface area contributed by atoms with Crippen LogP contribution in [0.5, 0.6) is 17.2 Å². The molecule has 1 fully saturated rings. The van der Waals surface area contributed by atoms with Gasteiger partial charge in [0.25, 0.3) is 5.24 Å². The second-order valence-electron chi connectivity index (χ2n) is 12.0. The Morgan fingerprint density at radius 1 is 0.938 bits per heavy atom. The number of nitrogens with zero attached hydrogens (tertiary/aromatic N) is 2. The summed E-state index contributed by atoms with van der Waals surface area (Å²) in [5.74, 6) is 0.0824. The van der Waals surface area contributed by atoms with Crippen molar-refractivity contribution < 1.29 is 38.1 Å². The van der Waals surface area contributed by atoms with E-state index in [1.807, 2.05) is 39.8 Å². The highest BCUT2D eigenvalue weighted by atomic mass is 32.2. The summed E-state index contributed by atoms with van der Waals surface area (Å²) in [6.45, 7) is 7.55. The van der Waals surface area contributed by atoms with Gasteiger partial charge in [0.1, 0.15) is 35.6 Å². The molecule has 2 aliphatic heterocycles. The number of ether oxygens (including phenoxy) is 4. The van der Waals surface area contributed by atoms with Crippen LogP contribution < -0.4 is 19.5 Å². The van der Waals surface area contributed by atoms with Gasteiger partial charge in [-0.25, -0.2) is 9.59 Å². The van der Waals surface area contributed by atoms with Gasteiger partial charge in [0.2, 0.25) is 5.91 Å². The summed E-state index contributed by atoms with van der Waals surface area (Å²) in [6.07, 6.45) is 5.92. The Labute approximate surface area is 281 Å². The summed E-state index contributed by atoms with van der Waals surface area (Å²) >= 11 is 0.990. The monoisotopic (exact) mass is 667 g/mol. The minimum Gasteiger partial charge on any atom is -0.489 e. The molecular formula is C36H33N3O8S. The van der Waals surface area contributed by atoms with Crippen molar-refractivity contribution in [2.24, 2.45) is 0 Å². The molecule has 0 bridgehead atoms. The van der Waals surface area contributed by atoms with Crippen molar-refractivity contribution in [1.29, 1.82) is 0 Å². The zero-order valence-corrected chi connectivity index (χ0v) is 27.6. The molecule has 4 heterocycles. The van der Waals surface area contributed by atoms with E-state index in [0.29, 0.717) is 51.5 Å². The number of rotatable bonds is 9. The summed E-state index contributed by atoms with van der Waals surface area (Å²) in [5, 5.41) is 1.52. The maximum atomic E-state index is 13.3. The van der Waals surface area contributed by atoms with Crippen LogP contribution in [0.4, 0.5) is 4.79 Å². The van der Waals surface area contributed by atoms with E-state index in [1.165, 1.54) is 12.4 Å². The van der Waals surface area contributed by atoms with Gasteiger partial charge in [0.05, 0.1) is 16.4 Å². The number of carbonyl (C=O) groups is 4. The molecule has 3 atom stereocenters. The highest BCUT2D eigenvalue weighted by molar-refractivity contribution is 8.15. The van der Waals surface area contributed by atoms with Crippen LogP contribution >= 0.6 is 11.8 Å². The maximum absolute atomic E-state index is 13.3. The first kappa shape index (κ1) is 32.7. The molecule has 2 aromatic carbocycles. The second-order valence-corrected chi connectivity index (χ2v) is 13.2. The van der Waals surface area contributed by atoms with Crippen LogP contribution in [0.2, 0.25) is 0 Å². The fourth-order valence-corrected chi connectivity index (χ4v) is 6.64. The maximum Gasteiger partial charge on any atom is 0.345 e. The molecule has 6 rings (SSSR count). The number of amides is 2. The summed E-state index contributed by atoms with van der Waals surface area (Å²) < 4.78 is 24.9. The third-order valence-corrected chi connectivity index (χ3v) is 9.40. The number of thioether (sulfide) groups is 1. The molecule has 246 valence electrons. The van der Waals surface area contributed by atoms with Gasteiger partial charge in [-0.1, -0.05) is 23.9 Å². The standard InChI is InChI=1S/C36H33N3O8S/c1-20-21(2)31-29(22(3)30(20)46-34(42)25-8-6-14-38-18-25)27(45-33(41)24-7-5-13-37-17-24)16-36(4,47-31)19-44-26-11-9-23(10-12-26)15-28-32(40)39-35(43)48-28/h5-14,17-18,27-28H,15-16,19H2,1-4H3,(H,39,40,43). The lowest BCUT2D eigenvalue weighted by Gasteiger charge is -2.41. The Morgan fingerprint density at radius 2 is 1.60 bits per heavy atom. The molecule has 2 aliphatic rings. The zero-order valence-electron chi connectivity index (χ0n) is 26.8. The van der Waals surface area contributed by atoms with Crippen molar-refractivity contribution in [1.82, 2.24) is 15.3 Å². The van der Waals surface area contributed by atoms with Crippen LogP contribution in [0.25, 0.3) is 0 Å². The number of carbonyl (C=O) groups excluding carboxylic acids is 4. The topological polar surface area (TPSA) is 143 Å². The highest BCUT2D eigenvalue weighted by Crippen LogP contribution is 2.49. The van der Waals surface area contributed by atoms with Crippen LogP contribution in [-0.2, 0) is 16.0 Å². The summed E-state index contributed by atoms with van der Waals surface area (Å²) in [4.78, 5) is 58.0. The average Bonchev–Trinajstić information content (AvgIpc) is 3.41. The van der Waals surface area contributed by atoms with Gasteiger partial charge in [0, 0.05) is 42.3 Å². The Hall–Kier alpha value is -5.23. The summed E-state index contributed by atoms with van der Waals surface area (Å²) in [6, 6.07) is 13.9. The van der Waals surface area contributed by atoms with Crippen molar-refractivity contribution in [3.8, 4) is 17.2 Å². The van der Waals surface area contributed by atoms with Crippen LogP contribution in [-0.4, -0.2) is 50.5 Å². The lowest BCUT2D eigenvalue weighted by Crippen LogP contribution is -2.45. The Bertz CT molecular complexity index is 1890. The lowest BCUT2D eigenvalue weighted by atomic mass is 9.85. The van der Waals surface area contributed by atoms with Crippen LogP contribution in [0.15, 0.2) is 73.3 Å². The molecule has 0 radical (unpaired) electrons. The third kappa shape index (κ3) is 6.89. The van der Waals surface area contributed by atoms with Gasteiger partial charge in [-0.05, 0) is 87.2 Å². The zero-order chi connectivity index (χ0) is 34.0. The van der Waals surface area contributed by atoms with Gasteiger partial charge in [0.15, 0.2) is 0 Å². The van der Waals surface area contributed by atoms with Crippen molar-refractivity contribution in [2.75, 3.05) is 6.61 Å². The number of hydrogen-bond acceptors (Lipinski definition) is 11. The fraction of sp³-hybridized carbons (Fsp3) is 0.278. The highest BCUT2D eigenvalue weighted by Gasteiger charge is 2.43. The van der Waals surface area contributed by atoms with E-state index < -0.39 is 28.9 Å². The Morgan fingerprint density at radius 3 is 2.21 bits per heavy atom. The first-order valence-electron chi connectivity index (χ1n) is 15.3. The van der Waals surface area contributed by atoms with Crippen molar-refractivity contribution in [3.05, 3.63) is 112 Å². The van der Waals surface area contributed by atoms with Crippen LogP contribution in [0, 0.1) is 20.8 Å². The predicted octanol–water partition coefficient (Wildman–Crippen LogP) is 6.03. The molecule has 12 heteroatoms. The Balaban J connectivity index is 1.27. The lowest BCUT2D eigenvalue weighted by molar-refractivity contribution is -0.118. The van der Waals surface area contributed by atoms with Gasteiger partial charge in [-0.2, -0.15) is 0 Å². The molecule has 4 aromatic rings. The van der Waals surface area contributed by atoms with E-state index >= 15 is 0 Å². The molecular weight excluding hydrogens is 634 g/mol. The molecule has 48 heavy (non-hydrogen) atoms. The third-order valence-electron chi connectivity index (χ3n) is 8.41.